The Kier molecular flexibility index (Phi) is 7.54. The average Bonchev–Trinajstić information content (AvgIpc) is 3.33. The molecule has 1 aliphatic rings. The molecule has 0 saturated heterocycles. The zero-order valence-electron chi connectivity index (χ0n) is 18.7. The molecule has 32 heavy (non-hydrogen) atoms. The van der Waals surface area contributed by atoms with E-state index in [1.54, 1.807) is 7.11 Å². The first-order valence-corrected chi connectivity index (χ1v) is 11.5. The van der Waals surface area contributed by atoms with E-state index in [-0.39, 0.29) is 5.91 Å². The Hall–Kier alpha value is -3.15. The summed E-state index contributed by atoms with van der Waals surface area (Å²) in [5.74, 6) is 2.06. The number of hydrogen-bond donors (Lipinski definition) is 0. The Labute approximate surface area is 189 Å². The number of benzene rings is 2. The number of rotatable bonds is 9. The molecule has 0 spiro atoms. The monoisotopic (exact) mass is 433 g/mol. The van der Waals surface area contributed by atoms with Crippen molar-refractivity contribution in [3.63, 3.8) is 0 Å². The number of aryl methyl sites for hydroxylation is 1. The van der Waals surface area contributed by atoms with Crippen molar-refractivity contribution in [3.05, 3.63) is 66.1 Å². The van der Waals surface area contributed by atoms with Gasteiger partial charge in [-0.25, -0.2) is 0 Å². The molecule has 0 unspecified atom stereocenters. The van der Waals surface area contributed by atoms with E-state index in [1.807, 2.05) is 42.5 Å². The molecular weight excluding hydrogens is 402 g/mol. The van der Waals surface area contributed by atoms with Crippen LogP contribution in [-0.2, 0) is 17.6 Å². The standard InChI is InChI=1S/C26H31N3O3/c1-31-23-14-8-11-21(19-23)26-27-24(32-28-26)17-18-29(22-12-6-3-7-13-22)25(30)16-15-20-9-4-2-5-10-20/h2,4-5,8-11,14,19,22H,3,6-7,12-13,15-18H2,1H3. The molecule has 1 heterocycles. The molecule has 3 aromatic rings. The van der Waals surface area contributed by atoms with Crippen LogP contribution in [0.1, 0.15) is 50.0 Å². The molecule has 1 amide bonds. The Morgan fingerprint density at radius 1 is 1.06 bits per heavy atom. The van der Waals surface area contributed by atoms with Crippen LogP contribution in [0.15, 0.2) is 59.1 Å². The lowest BCUT2D eigenvalue weighted by molar-refractivity contribution is -0.134. The molecular formula is C26H31N3O3. The van der Waals surface area contributed by atoms with Gasteiger partial charge in [0.15, 0.2) is 0 Å². The molecule has 0 atom stereocenters. The highest BCUT2D eigenvalue weighted by molar-refractivity contribution is 5.76. The normalized spacial score (nSPS) is 14.3. The van der Waals surface area contributed by atoms with Crippen molar-refractivity contribution < 1.29 is 14.1 Å². The summed E-state index contributed by atoms with van der Waals surface area (Å²) in [7, 11) is 1.63. The fourth-order valence-corrected chi connectivity index (χ4v) is 4.40. The third-order valence-electron chi connectivity index (χ3n) is 6.17. The number of amides is 1. The minimum Gasteiger partial charge on any atom is -0.497 e. The van der Waals surface area contributed by atoms with Crippen molar-refractivity contribution in [2.24, 2.45) is 0 Å². The van der Waals surface area contributed by atoms with Crippen LogP contribution in [0, 0.1) is 0 Å². The summed E-state index contributed by atoms with van der Waals surface area (Å²) in [5.41, 5.74) is 2.05. The predicted molar refractivity (Wildman–Crippen MR) is 123 cm³/mol. The number of ether oxygens (including phenoxy) is 1. The summed E-state index contributed by atoms with van der Waals surface area (Å²) in [6.07, 6.45) is 7.65. The van der Waals surface area contributed by atoms with E-state index in [9.17, 15) is 4.79 Å². The molecule has 6 heteroatoms. The minimum absolute atomic E-state index is 0.216. The molecule has 0 bridgehead atoms. The van der Waals surface area contributed by atoms with Crippen LogP contribution in [0.25, 0.3) is 11.4 Å². The van der Waals surface area contributed by atoms with Crippen molar-refractivity contribution in [3.8, 4) is 17.1 Å². The van der Waals surface area contributed by atoms with Gasteiger partial charge in [0.05, 0.1) is 7.11 Å². The van der Waals surface area contributed by atoms with E-state index in [0.29, 0.717) is 37.1 Å². The second kappa shape index (κ2) is 10.9. The van der Waals surface area contributed by atoms with E-state index in [0.717, 1.165) is 30.6 Å². The maximum Gasteiger partial charge on any atom is 0.228 e. The fraction of sp³-hybridized carbons (Fsp3) is 0.423. The van der Waals surface area contributed by atoms with Crippen molar-refractivity contribution in [1.29, 1.82) is 0 Å². The first kappa shape index (κ1) is 22.1. The SMILES string of the molecule is COc1cccc(-c2noc(CCN(C(=O)CCc3ccccc3)C3CCCCC3)n2)c1. The first-order chi connectivity index (χ1) is 15.7. The second-order valence-corrected chi connectivity index (χ2v) is 8.36. The maximum atomic E-state index is 13.2. The van der Waals surface area contributed by atoms with Crippen molar-refractivity contribution >= 4 is 5.91 Å². The van der Waals surface area contributed by atoms with Crippen LogP contribution >= 0.6 is 0 Å². The molecule has 1 fully saturated rings. The van der Waals surface area contributed by atoms with Gasteiger partial charge in [0.25, 0.3) is 0 Å². The second-order valence-electron chi connectivity index (χ2n) is 8.36. The number of carbonyl (C=O) groups excluding carboxylic acids is 1. The van der Waals surface area contributed by atoms with Gasteiger partial charge in [-0.3, -0.25) is 4.79 Å². The van der Waals surface area contributed by atoms with Gasteiger partial charge >= 0.3 is 0 Å². The molecule has 0 aliphatic heterocycles. The Morgan fingerprint density at radius 3 is 2.66 bits per heavy atom. The van der Waals surface area contributed by atoms with E-state index in [2.05, 4.69) is 27.2 Å². The molecule has 1 aliphatic carbocycles. The summed E-state index contributed by atoms with van der Waals surface area (Å²) in [5, 5.41) is 4.13. The highest BCUT2D eigenvalue weighted by atomic mass is 16.5. The Morgan fingerprint density at radius 2 is 1.88 bits per heavy atom. The Balaban J connectivity index is 1.40. The zero-order valence-corrected chi connectivity index (χ0v) is 18.7. The lowest BCUT2D eigenvalue weighted by Gasteiger charge is -2.34. The van der Waals surface area contributed by atoms with E-state index in [1.165, 1.54) is 24.8 Å². The van der Waals surface area contributed by atoms with Crippen LogP contribution in [0.3, 0.4) is 0 Å². The number of hydrogen-bond acceptors (Lipinski definition) is 5. The number of methoxy groups -OCH3 is 1. The topological polar surface area (TPSA) is 68.5 Å². The summed E-state index contributed by atoms with van der Waals surface area (Å²) in [4.78, 5) is 19.8. The molecule has 168 valence electrons. The lowest BCUT2D eigenvalue weighted by atomic mass is 9.93. The third-order valence-corrected chi connectivity index (χ3v) is 6.17. The van der Waals surface area contributed by atoms with Gasteiger partial charge in [-0.1, -0.05) is 66.9 Å². The van der Waals surface area contributed by atoms with E-state index >= 15 is 0 Å². The molecule has 1 aromatic heterocycles. The van der Waals surface area contributed by atoms with Crippen LogP contribution in [0.4, 0.5) is 0 Å². The summed E-state index contributed by atoms with van der Waals surface area (Å²) >= 11 is 0. The van der Waals surface area contributed by atoms with Gasteiger partial charge < -0.3 is 14.2 Å². The highest BCUT2D eigenvalue weighted by Gasteiger charge is 2.25. The van der Waals surface area contributed by atoms with Crippen LogP contribution in [-0.4, -0.2) is 40.6 Å². The molecule has 4 rings (SSSR count). The minimum atomic E-state index is 0.216. The van der Waals surface area contributed by atoms with Crippen LogP contribution < -0.4 is 4.74 Å². The highest BCUT2D eigenvalue weighted by Crippen LogP contribution is 2.25. The van der Waals surface area contributed by atoms with E-state index in [4.69, 9.17) is 9.26 Å². The van der Waals surface area contributed by atoms with E-state index < -0.39 is 0 Å². The van der Waals surface area contributed by atoms with Gasteiger partial charge in [-0.15, -0.1) is 0 Å². The summed E-state index contributed by atoms with van der Waals surface area (Å²) in [6.45, 7) is 0.609. The molecule has 2 aromatic carbocycles. The third kappa shape index (κ3) is 5.75. The van der Waals surface area contributed by atoms with Crippen LogP contribution in [0.2, 0.25) is 0 Å². The quantitative estimate of drug-likeness (QED) is 0.471. The summed E-state index contributed by atoms with van der Waals surface area (Å²) < 4.78 is 10.8. The zero-order chi connectivity index (χ0) is 22.2. The first-order valence-electron chi connectivity index (χ1n) is 11.5. The van der Waals surface area contributed by atoms with Gasteiger partial charge in [-0.2, -0.15) is 4.98 Å². The smallest absolute Gasteiger partial charge is 0.228 e. The van der Waals surface area contributed by atoms with Crippen molar-refractivity contribution in [2.75, 3.05) is 13.7 Å². The molecule has 1 saturated carbocycles. The van der Waals surface area contributed by atoms with Gasteiger partial charge in [0.1, 0.15) is 5.75 Å². The van der Waals surface area contributed by atoms with Crippen molar-refractivity contribution in [1.82, 2.24) is 15.0 Å². The number of nitrogens with zero attached hydrogens (tertiary/aromatic N) is 3. The Bertz CT molecular complexity index is 996. The van der Waals surface area contributed by atoms with Gasteiger partial charge in [-0.05, 0) is 37.0 Å². The van der Waals surface area contributed by atoms with Crippen molar-refractivity contribution in [2.45, 2.75) is 57.4 Å². The average molecular weight is 434 g/mol. The number of aromatic nitrogens is 2. The maximum absolute atomic E-state index is 13.2. The fourth-order valence-electron chi connectivity index (χ4n) is 4.40. The summed E-state index contributed by atoms with van der Waals surface area (Å²) in [6, 6.07) is 18.1. The number of carbonyl (C=O) groups is 1. The molecule has 0 N–H and O–H groups in total. The lowest BCUT2D eigenvalue weighted by Crippen LogP contribution is -2.42. The molecule has 0 radical (unpaired) electrons. The van der Waals surface area contributed by atoms with Gasteiger partial charge in [0, 0.05) is 31.0 Å². The largest absolute Gasteiger partial charge is 0.497 e. The predicted octanol–water partition coefficient (Wildman–Crippen LogP) is 5.08. The van der Waals surface area contributed by atoms with Crippen LogP contribution in [0.5, 0.6) is 5.75 Å². The van der Waals surface area contributed by atoms with Gasteiger partial charge in [0.2, 0.25) is 17.6 Å². The molecule has 6 nitrogen and oxygen atoms in total.